The quantitative estimate of drug-likeness (QED) is 0.0224. The van der Waals surface area contributed by atoms with E-state index in [9.17, 15) is 48.5 Å². The number of aliphatic hydroxyl groups excluding tert-OH is 2. The van der Waals surface area contributed by atoms with Gasteiger partial charge in [0.2, 0.25) is 24.3 Å². The highest BCUT2D eigenvalue weighted by Crippen LogP contribution is 2.61. The molecule has 8 aromatic heterocycles. The van der Waals surface area contributed by atoms with Gasteiger partial charge >= 0.3 is 20.2 Å². The molecule has 1 amide bonds. The number of nitrogens with two attached hydrogens (primary N) is 1. The van der Waals surface area contributed by atoms with Crippen molar-refractivity contribution in [3.8, 4) is 0 Å². The molecule has 14 heterocycles. The number of imidazole rings is 2. The lowest BCUT2D eigenvalue weighted by molar-refractivity contribution is -0.217. The molecule has 117 heavy (non-hydrogen) atoms. The fourth-order valence-corrected chi connectivity index (χ4v) is 21.6. The smallest absolute Gasteiger partial charge is 0.386 e. The highest BCUT2D eigenvalue weighted by molar-refractivity contribution is 8.44. The van der Waals surface area contributed by atoms with Crippen LogP contribution in [0.2, 0.25) is 36.3 Å². The number of nitrogens with zero attached hydrogens (tertiary/aromatic N) is 13. The van der Waals surface area contributed by atoms with Crippen molar-refractivity contribution in [1.82, 2.24) is 80.4 Å². The second kappa shape index (κ2) is 35.2. The SMILES string of the molecule is Nc1nc2c(ncn2[C@@H]2O[C@@H]3COP([O-])(=S)O[C@H]4[C@@H](O)[C@H](n5cnc6ncccc6c5=O)O[C@@H]4COP(=O)(S)O[C@@H]2[C@@H]3O)c(=O)[nH]1.[C-]#[N+]CCOP1(=S)OC[C@H]2O[C@@H](n3cnc4ncccc4c3=O)[C@H](O[Si](C)(C)C(C)(C)C)[C@@H]2OP(O)(=S)OC[C@H]2O[C@@H](n3cnc4c(=O)[nH]c(NC(=O)C(C)C)nc43)[C@H](O1)[C@@H]2O[Si](C)(C)C(C)(C)C.[NH4+].[NH4+]. The minimum atomic E-state index is -4.49. The maximum Gasteiger partial charge on any atom is 0.386 e. The van der Waals surface area contributed by atoms with E-state index in [1.807, 2.05) is 47.0 Å². The highest BCUT2D eigenvalue weighted by atomic mass is 32.7. The summed E-state index contributed by atoms with van der Waals surface area (Å²) < 4.78 is 112. The van der Waals surface area contributed by atoms with Crippen LogP contribution in [0.25, 0.3) is 49.2 Å². The molecule has 0 spiro atoms. The van der Waals surface area contributed by atoms with Crippen molar-refractivity contribution in [1.29, 1.82) is 0 Å². The largest absolute Gasteiger partial charge is 0.780 e. The number of pyridine rings is 2. The Morgan fingerprint density at radius 3 is 1.76 bits per heavy atom. The van der Waals surface area contributed by atoms with E-state index in [-0.39, 0.29) is 91.8 Å². The number of anilines is 2. The number of H-pyrrole nitrogens is 2. The van der Waals surface area contributed by atoms with Crippen LogP contribution in [0.1, 0.15) is 80.3 Å². The molecule has 6 fully saturated rings. The van der Waals surface area contributed by atoms with Crippen LogP contribution >= 0.6 is 39.2 Å². The summed E-state index contributed by atoms with van der Waals surface area (Å²) in [5.74, 6) is -1.20. The van der Waals surface area contributed by atoms with Crippen LogP contribution in [0, 0.1) is 12.5 Å². The summed E-state index contributed by atoms with van der Waals surface area (Å²) >= 11 is 21.2. The zero-order valence-electron chi connectivity index (χ0n) is 65.5. The fraction of sp³-hybridized carbons (Fsp3) is 0.587. The Morgan fingerprint density at radius 1 is 0.667 bits per heavy atom. The molecule has 6 aliphatic rings. The maximum absolute atomic E-state index is 14.2. The molecule has 640 valence electrons. The Bertz CT molecular complexity index is 5540. The Labute approximate surface area is 688 Å². The van der Waals surface area contributed by atoms with Gasteiger partial charge in [-0.15, -0.1) is 0 Å². The van der Waals surface area contributed by atoms with Crippen molar-refractivity contribution < 1.29 is 97.9 Å². The molecule has 54 heteroatoms. The number of hydrogen-bond acceptors (Lipinski definition) is 36. The number of aromatic nitrogens is 14. The van der Waals surface area contributed by atoms with Crippen LogP contribution in [0.4, 0.5) is 11.9 Å². The molecule has 0 saturated carbocycles. The predicted octanol–water partition coefficient (Wildman–Crippen LogP) is 5.50. The number of aliphatic hydroxyl groups is 2. The number of carbonyl (C=O) groups excluding carboxylic acids is 1. The summed E-state index contributed by atoms with van der Waals surface area (Å²) in [6.45, 7) is 11.6. The first-order valence-electron chi connectivity index (χ1n) is 35.7. The molecule has 20 atom stereocenters. The predicted molar refractivity (Wildman–Crippen MR) is 438 cm³/mol. The van der Waals surface area contributed by atoms with E-state index in [2.05, 4.69) is 93.0 Å². The van der Waals surface area contributed by atoms with Gasteiger partial charge in [0.15, 0.2) is 75.2 Å². The third-order valence-electron chi connectivity index (χ3n) is 20.6. The second-order valence-corrected chi connectivity index (χ2v) is 51.6. The van der Waals surface area contributed by atoms with Crippen molar-refractivity contribution in [2.24, 2.45) is 5.92 Å². The third-order valence-corrected chi connectivity index (χ3v) is 36.6. The van der Waals surface area contributed by atoms with E-state index < -0.39 is 202 Å². The van der Waals surface area contributed by atoms with Crippen LogP contribution in [0.5, 0.6) is 0 Å². The first-order valence-corrected chi connectivity index (χ1v) is 51.9. The molecule has 4 unspecified atom stereocenters. The topological polar surface area (TPSA) is 594 Å². The molecule has 6 saturated heterocycles. The Balaban J connectivity index is 0.000000243. The van der Waals surface area contributed by atoms with E-state index in [0.29, 0.717) is 0 Å². The molecular weight excluding hydrogens is 1730 g/mol. The number of aromatic amines is 2. The number of ether oxygens (including phenoxy) is 4. The summed E-state index contributed by atoms with van der Waals surface area (Å²) in [5, 5.41) is 24.6. The van der Waals surface area contributed by atoms with E-state index in [1.54, 1.807) is 26.0 Å². The summed E-state index contributed by atoms with van der Waals surface area (Å²) in [7, 11) is -5.55. The minimum Gasteiger partial charge on any atom is -0.780 e. The number of hydrogen-bond donors (Lipinski definition) is 10. The molecule has 14 rings (SSSR count). The average molecular weight is 1820 g/mol. The third kappa shape index (κ3) is 19.3. The van der Waals surface area contributed by atoms with Crippen molar-refractivity contribution in [2.45, 2.75) is 190 Å². The van der Waals surface area contributed by atoms with Crippen LogP contribution in [-0.4, -0.2) is 219 Å². The zero-order chi connectivity index (χ0) is 83.2. The number of amides is 1. The van der Waals surface area contributed by atoms with Crippen molar-refractivity contribution >= 4 is 153 Å². The molecule has 0 radical (unpaired) electrons. The van der Waals surface area contributed by atoms with Crippen LogP contribution in [0.15, 0.2) is 81.1 Å². The van der Waals surface area contributed by atoms with Gasteiger partial charge in [-0.3, -0.25) is 75.6 Å². The number of rotatable bonds is 13. The van der Waals surface area contributed by atoms with E-state index in [0.717, 1.165) is 17.2 Å². The van der Waals surface area contributed by atoms with Crippen LogP contribution in [-0.2, 0) is 113 Å². The zero-order valence-corrected chi connectivity index (χ0v) is 74.4. The number of fused-ring (bicyclic) bond motifs is 10. The number of nitrogens with one attached hydrogen (secondary N) is 3. The standard InChI is InChI=1S/C41H61N9O13P2S2Si2.C22H24N8O12P2S2.2H3N/c1-23(2)34(51)47-39-46-33-27(35(52)48-39)44-21-49(33)37-30-29(62-68(10,11)40(3,4)5)26(59-37)19-56-64(54,66)60-28-25(20-57-65(67,61-30)55-18-17-42-9)58-38(31(28)63-69(12,13)41(6,7)8)50-22-45-32-24(36(50)53)15-14-16-43-32;23-22-27-17-11(18(33)28-22)25-6-29(17)21-15-12(31)9(39-21)4-37-43(35,45)41-14-10(5-38-44(36,46)42-15)40-20(13(14)32)30-7-26-16-8(19(30)34)2-1-3-24-16;;/h14-16,21-23,25-26,28-31,37-38H,17-20H2,1-8,10-13H3,(H,54,66)(H2,46,47,48,51,52);1-3,6-7,9-10,12-15,20-21,31-32H,4-5H2,(H,35,45)(H,36,46)(H3,23,27,28,33);2*1H3/p+1/t25-,26-,28-,29-,30-,31-,37-,38-,64?,65?;9-,10-,12-,13-,14-,15-,20-,21-,43?,44?;;/m11../s1. The lowest BCUT2D eigenvalue weighted by Gasteiger charge is -2.41. The summed E-state index contributed by atoms with van der Waals surface area (Å²) in [6.07, 6.45) is -13.3. The Kier molecular flexibility index (Phi) is 27.6. The summed E-state index contributed by atoms with van der Waals surface area (Å²) in [6, 6.07) is 6.24. The average Bonchev–Trinajstić information content (AvgIpc) is 1.61. The van der Waals surface area contributed by atoms with Crippen LogP contribution < -0.4 is 50.5 Å². The first kappa shape index (κ1) is 91.9. The molecule has 44 nitrogen and oxygen atoms in total. The molecular formula is C63H92N19O25P4S4Si2+. The monoisotopic (exact) mass is 1820 g/mol. The molecule has 0 aliphatic carbocycles. The molecule has 0 aromatic carbocycles. The van der Waals surface area contributed by atoms with Gasteiger partial charge in [-0.1, -0.05) is 79.4 Å². The van der Waals surface area contributed by atoms with E-state index in [4.69, 9.17) is 116 Å². The maximum atomic E-state index is 14.2. The van der Waals surface area contributed by atoms with Gasteiger partial charge in [-0.2, -0.15) is 9.97 Å². The number of nitrogen functional groups attached to an aromatic ring is 1. The van der Waals surface area contributed by atoms with Gasteiger partial charge < -0.3 is 93.3 Å². The first-order chi connectivity index (χ1) is 53.9. The van der Waals surface area contributed by atoms with Crippen LogP contribution in [0.3, 0.4) is 0 Å². The number of thiol groups is 1. The van der Waals surface area contributed by atoms with Gasteiger partial charge in [-0.25, -0.2) is 41.0 Å². The number of carbonyl (C=O) groups is 1. The minimum absolute atomic E-state index is 0. The van der Waals surface area contributed by atoms with Gasteiger partial charge in [0, 0.05) is 18.3 Å². The fourth-order valence-electron chi connectivity index (χ4n) is 12.6. The number of quaternary nitrogens is 2. The van der Waals surface area contributed by atoms with Crippen molar-refractivity contribution in [2.75, 3.05) is 50.6 Å². The lowest BCUT2D eigenvalue weighted by Crippen LogP contribution is -2.50. The summed E-state index contributed by atoms with van der Waals surface area (Å²) in [4.78, 5) is 134. The Hall–Kier alpha value is -5.84. The van der Waals surface area contributed by atoms with Crippen molar-refractivity contribution in [3.63, 3.8) is 0 Å². The molecule has 16 N–H and O–H groups in total. The van der Waals surface area contributed by atoms with Gasteiger partial charge in [-0.05, 0) is 84.1 Å². The Morgan fingerprint density at radius 2 is 1.17 bits per heavy atom. The van der Waals surface area contributed by atoms with Gasteiger partial charge in [0.05, 0.1) is 49.9 Å². The lowest BCUT2D eigenvalue weighted by atomic mass is 10.1. The normalized spacial score (nSPS) is 32.0. The molecule has 6 aliphatic heterocycles. The highest BCUT2D eigenvalue weighted by Gasteiger charge is 2.59. The molecule has 8 aromatic rings. The summed E-state index contributed by atoms with van der Waals surface area (Å²) in [5.41, 5.74) is 3.44. The van der Waals surface area contributed by atoms with E-state index in [1.165, 1.54) is 50.9 Å². The van der Waals surface area contributed by atoms with Crippen molar-refractivity contribution in [3.05, 3.63) is 115 Å². The second-order valence-electron chi connectivity index (χ2n) is 30.8. The molecule has 4 bridgehead atoms. The van der Waals surface area contributed by atoms with Gasteiger partial charge in [0.1, 0.15) is 99.2 Å². The van der Waals surface area contributed by atoms with E-state index >= 15 is 0 Å². The van der Waals surface area contributed by atoms with Gasteiger partial charge in [0.25, 0.3) is 22.2 Å².